The van der Waals surface area contributed by atoms with Crippen LogP contribution in [0.5, 0.6) is 5.75 Å². The van der Waals surface area contributed by atoms with Gasteiger partial charge in [0, 0.05) is 25.0 Å². The van der Waals surface area contributed by atoms with E-state index >= 15 is 0 Å². The standard InChI is InChI=1S/C19H25FN2O3/c20-16-7-3-4-8-17(16)25-13-18(23)22-11-9-15(10-12-22)21-19(24)14-5-1-2-6-14/h3-4,7-8,14-15H,1-2,5-6,9-13H2,(H,21,24). The van der Waals surface area contributed by atoms with Crippen LogP contribution in [0.15, 0.2) is 24.3 Å². The zero-order valence-corrected chi connectivity index (χ0v) is 14.4. The summed E-state index contributed by atoms with van der Waals surface area (Å²) in [5.41, 5.74) is 0. The molecular weight excluding hydrogens is 323 g/mol. The topological polar surface area (TPSA) is 58.6 Å². The Bertz CT molecular complexity index is 608. The number of amides is 2. The molecule has 1 N–H and O–H groups in total. The van der Waals surface area contributed by atoms with Crippen molar-refractivity contribution < 1.29 is 18.7 Å². The molecule has 2 fully saturated rings. The van der Waals surface area contributed by atoms with E-state index in [1.165, 1.54) is 12.1 Å². The molecule has 0 spiro atoms. The second-order valence-electron chi connectivity index (χ2n) is 6.86. The zero-order valence-electron chi connectivity index (χ0n) is 14.4. The van der Waals surface area contributed by atoms with Gasteiger partial charge >= 0.3 is 0 Å². The van der Waals surface area contributed by atoms with E-state index in [4.69, 9.17) is 4.74 Å². The van der Waals surface area contributed by atoms with Gasteiger partial charge in [-0.3, -0.25) is 9.59 Å². The molecule has 1 aliphatic heterocycles. The third kappa shape index (κ3) is 4.71. The number of ether oxygens (including phenoxy) is 1. The number of para-hydroxylation sites is 1. The van der Waals surface area contributed by atoms with Gasteiger partial charge in [-0.1, -0.05) is 25.0 Å². The fourth-order valence-electron chi connectivity index (χ4n) is 3.57. The Hall–Kier alpha value is -2.11. The van der Waals surface area contributed by atoms with Crippen LogP contribution in [0.2, 0.25) is 0 Å². The number of hydrogen-bond acceptors (Lipinski definition) is 3. The van der Waals surface area contributed by atoms with Crippen molar-refractivity contribution in [3.05, 3.63) is 30.1 Å². The van der Waals surface area contributed by atoms with Crippen LogP contribution < -0.4 is 10.1 Å². The van der Waals surface area contributed by atoms with Crippen LogP contribution in [-0.4, -0.2) is 42.5 Å². The Balaban J connectivity index is 1.40. The second kappa shape index (κ2) is 8.32. The van der Waals surface area contributed by atoms with E-state index < -0.39 is 5.82 Å². The van der Waals surface area contributed by atoms with Gasteiger partial charge in [-0.2, -0.15) is 0 Å². The third-order valence-corrected chi connectivity index (χ3v) is 5.11. The summed E-state index contributed by atoms with van der Waals surface area (Å²) in [4.78, 5) is 26.1. The molecule has 0 radical (unpaired) electrons. The summed E-state index contributed by atoms with van der Waals surface area (Å²) >= 11 is 0. The number of carbonyl (C=O) groups excluding carboxylic acids is 2. The lowest BCUT2D eigenvalue weighted by Crippen LogP contribution is -2.48. The summed E-state index contributed by atoms with van der Waals surface area (Å²) in [6.07, 6.45) is 5.79. The van der Waals surface area contributed by atoms with Gasteiger partial charge in [0.2, 0.25) is 5.91 Å². The van der Waals surface area contributed by atoms with Crippen molar-refractivity contribution in [2.75, 3.05) is 19.7 Å². The number of likely N-dealkylation sites (tertiary alicyclic amines) is 1. The lowest BCUT2D eigenvalue weighted by Gasteiger charge is -2.32. The SMILES string of the molecule is O=C(NC1CCN(C(=O)COc2ccccc2F)CC1)C1CCCC1. The maximum Gasteiger partial charge on any atom is 0.260 e. The van der Waals surface area contributed by atoms with Crippen molar-refractivity contribution in [2.24, 2.45) is 5.92 Å². The van der Waals surface area contributed by atoms with Crippen LogP contribution in [-0.2, 0) is 9.59 Å². The summed E-state index contributed by atoms with van der Waals surface area (Å²) in [6, 6.07) is 6.20. The highest BCUT2D eigenvalue weighted by Gasteiger charge is 2.28. The van der Waals surface area contributed by atoms with E-state index in [0.717, 1.165) is 38.5 Å². The summed E-state index contributed by atoms with van der Waals surface area (Å²) in [7, 11) is 0. The molecule has 3 rings (SSSR count). The number of nitrogens with zero attached hydrogens (tertiary/aromatic N) is 1. The molecule has 2 aliphatic rings. The van der Waals surface area contributed by atoms with Gasteiger partial charge < -0.3 is 15.0 Å². The van der Waals surface area contributed by atoms with Gasteiger partial charge in [-0.15, -0.1) is 0 Å². The first-order valence-corrected chi connectivity index (χ1v) is 9.09. The molecule has 0 bridgehead atoms. The van der Waals surface area contributed by atoms with Crippen molar-refractivity contribution in [2.45, 2.75) is 44.6 Å². The molecule has 0 aromatic heterocycles. The maximum atomic E-state index is 13.5. The zero-order chi connectivity index (χ0) is 17.6. The maximum absolute atomic E-state index is 13.5. The molecule has 25 heavy (non-hydrogen) atoms. The number of nitrogens with one attached hydrogen (secondary N) is 1. The van der Waals surface area contributed by atoms with Gasteiger partial charge in [0.1, 0.15) is 0 Å². The Kier molecular flexibility index (Phi) is 5.89. The number of rotatable bonds is 5. The molecule has 0 atom stereocenters. The predicted octanol–water partition coefficient (Wildman–Crippen LogP) is 2.50. The number of hydrogen-bond donors (Lipinski definition) is 1. The molecular formula is C19H25FN2O3. The highest BCUT2D eigenvalue weighted by molar-refractivity contribution is 5.79. The second-order valence-corrected chi connectivity index (χ2v) is 6.86. The number of piperidine rings is 1. The Morgan fingerprint density at radius 2 is 1.80 bits per heavy atom. The van der Waals surface area contributed by atoms with E-state index in [1.807, 2.05) is 0 Å². The van der Waals surface area contributed by atoms with Crippen LogP contribution in [0.1, 0.15) is 38.5 Å². The minimum atomic E-state index is -0.469. The van der Waals surface area contributed by atoms with E-state index in [-0.39, 0.29) is 36.1 Å². The molecule has 1 aromatic carbocycles. The van der Waals surface area contributed by atoms with Crippen molar-refractivity contribution in [3.63, 3.8) is 0 Å². The lowest BCUT2D eigenvalue weighted by atomic mass is 10.0. The van der Waals surface area contributed by atoms with Gasteiger partial charge in [0.25, 0.3) is 5.91 Å². The average molecular weight is 348 g/mol. The van der Waals surface area contributed by atoms with E-state index in [9.17, 15) is 14.0 Å². The van der Waals surface area contributed by atoms with Crippen molar-refractivity contribution >= 4 is 11.8 Å². The molecule has 1 saturated heterocycles. The molecule has 1 aromatic rings. The first-order chi connectivity index (χ1) is 12.1. The molecule has 1 heterocycles. The van der Waals surface area contributed by atoms with Crippen molar-refractivity contribution in [1.29, 1.82) is 0 Å². The van der Waals surface area contributed by atoms with Crippen molar-refractivity contribution in [1.82, 2.24) is 10.2 Å². The highest BCUT2D eigenvalue weighted by atomic mass is 19.1. The number of halogens is 1. The van der Waals surface area contributed by atoms with Crippen LogP contribution in [0.25, 0.3) is 0 Å². The van der Waals surface area contributed by atoms with Crippen LogP contribution in [0.4, 0.5) is 4.39 Å². The lowest BCUT2D eigenvalue weighted by molar-refractivity contribution is -0.134. The van der Waals surface area contributed by atoms with Crippen LogP contribution >= 0.6 is 0 Å². The van der Waals surface area contributed by atoms with Gasteiger partial charge in [0.05, 0.1) is 0 Å². The molecule has 1 aliphatic carbocycles. The first kappa shape index (κ1) is 17.7. The Morgan fingerprint density at radius 1 is 1.12 bits per heavy atom. The van der Waals surface area contributed by atoms with E-state index in [2.05, 4.69) is 5.32 Å². The Morgan fingerprint density at radius 3 is 2.48 bits per heavy atom. The van der Waals surface area contributed by atoms with Gasteiger partial charge in [0.15, 0.2) is 18.2 Å². The molecule has 1 saturated carbocycles. The Labute approximate surface area is 147 Å². The van der Waals surface area contributed by atoms with Crippen LogP contribution in [0, 0.1) is 11.7 Å². The smallest absolute Gasteiger partial charge is 0.260 e. The fourth-order valence-corrected chi connectivity index (χ4v) is 3.57. The summed E-state index contributed by atoms with van der Waals surface area (Å²) < 4.78 is 18.8. The molecule has 2 amide bonds. The highest BCUT2D eigenvalue weighted by Crippen LogP contribution is 2.25. The molecule has 136 valence electrons. The van der Waals surface area contributed by atoms with E-state index in [1.54, 1.807) is 17.0 Å². The summed E-state index contributed by atoms with van der Waals surface area (Å²) in [5.74, 6) is -0.180. The quantitative estimate of drug-likeness (QED) is 0.889. The first-order valence-electron chi connectivity index (χ1n) is 9.09. The molecule has 0 unspecified atom stereocenters. The average Bonchev–Trinajstić information content (AvgIpc) is 3.16. The van der Waals surface area contributed by atoms with Crippen molar-refractivity contribution in [3.8, 4) is 5.75 Å². The fraction of sp³-hybridized carbons (Fsp3) is 0.579. The summed E-state index contributed by atoms with van der Waals surface area (Å²) in [6.45, 7) is 1.02. The summed E-state index contributed by atoms with van der Waals surface area (Å²) in [5, 5.41) is 3.13. The number of carbonyl (C=O) groups is 2. The largest absolute Gasteiger partial charge is 0.481 e. The minimum absolute atomic E-state index is 0.0922. The van der Waals surface area contributed by atoms with Gasteiger partial charge in [-0.05, 0) is 37.8 Å². The molecule has 6 heteroatoms. The predicted molar refractivity (Wildman–Crippen MR) is 91.6 cm³/mol. The van der Waals surface area contributed by atoms with Crippen LogP contribution in [0.3, 0.4) is 0 Å². The monoisotopic (exact) mass is 348 g/mol. The number of benzene rings is 1. The van der Waals surface area contributed by atoms with E-state index in [0.29, 0.717) is 13.1 Å². The minimum Gasteiger partial charge on any atom is -0.481 e. The normalized spacial score (nSPS) is 19.0. The third-order valence-electron chi connectivity index (χ3n) is 5.11. The molecule has 5 nitrogen and oxygen atoms in total. The van der Waals surface area contributed by atoms with Gasteiger partial charge in [-0.25, -0.2) is 4.39 Å².